The number of hydrogen-bond acceptors (Lipinski definition) is 0. The van der Waals surface area contributed by atoms with Gasteiger partial charge in [0.05, 0.1) is 0 Å². The van der Waals surface area contributed by atoms with Gasteiger partial charge in [-0.1, -0.05) is 114 Å². The predicted molar refractivity (Wildman–Crippen MR) is 243 cm³/mol. The fourth-order valence-corrected chi connectivity index (χ4v) is 8.47. The molecule has 0 nitrogen and oxygen atoms in total. The van der Waals surface area contributed by atoms with Crippen molar-refractivity contribution in [2.45, 2.75) is 83.5 Å². The van der Waals surface area contributed by atoms with Gasteiger partial charge in [0.1, 0.15) is 0 Å². The van der Waals surface area contributed by atoms with E-state index in [1.54, 1.807) is 0 Å². The van der Waals surface area contributed by atoms with E-state index in [-0.39, 0.29) is 96.3 Å². The van der Waals surface area contributed by atoms with Crippen LogP contribution in [0.1, 0.15) is 92.5 Å². The van der Waals surface area contributed by atoms with Gasteiger partial charge in [0, 0.05) is 0 Å². The van der Waals surface area contributed by atoms with Crippen LogP contribution in [0, 0.1) is 6.08 Å². The summed E-state index contributed by atoms with van der Waals surface area (Å²) in [7, 11) is 0. The van der Waals surface area contributed by atoms with Crippen molar-refractivity contribution in [3.8, 4) is 22.3 Å². The fraction of sp³-hybridized carbons (Fsp3) is 0.236. The quantitative estimate of drug-likeness (QED) is 0.122. The summed E-state index contributed by atoms with van der Waals surface area (Å²) in [6, 6.07) is 34.3. The normalized spacial score (nSPS) is 13.0. The van der Waals surface area contributed by atoms with Gasteiger partial charge in [-0.2, -0.15) is 6.08 Å². The SMILES string of the molecule is CC(C)(C)c1cc2c(cc1-c1ccccc1)[cH-]c1cc(-c3ccccc3)c(C(C)(C)C)cc12.FC(F)(F)c1cc([C](=[Zr+2])c2cc(C(F)(F)F)cc(C(F)(F)F)c2)cc(C(F)(F)F)c1.[C-]1=CC=CC1.[Cl-].[Cl-]. The smallest absolute Gasteiger partial charge is 0.109 e. The molecule has 7 aromatic carbocycles. The van der Waals surface area contributed by atoms with Crippen molar-refractivity contribution in [1.82, 2.24) is 0 Å². The van der Waals surface area contributed by atoms with E-state index in [4.69, 9.17) is 0 Å². The molecule has 0 atom stereocenters. The molecule has 7 aromatic rings. The van der Waals surface area contributed by atoms with Gasteiger partial charge in [0.2, 0.25) is 0 Å². The number of alkyl halides is 12. The standard InChI is InChI=1S/C33H33.C17H6F12.C5H5.2ClH.Zr/c1-32(2,3)30-20-26-24(18-28(30)22-13-9-7-10-14-22)17-25-19-29(23-15-11-8-12-16-23)31(21-27(25)26)33(4,5)6;18-14(19,20)10-2-8(3-11(6-10)15(21,22)23)1-9-4-12(16(24,25)26)7-13(5-9)17(27,28)29;1-2-4-5-3-1;;;/h7-21H,1-6H3;2-7H;1-3H,4H2;2*1H;/q-1;;-1;;;+2/p-2. The van der Waals surface area contributed by atoms with Crippen molar-refractivity contribution < 1.29 is 102 Å². The van der Waals surface area contributed by atoms with Crippen molar-refractivity contribution in [3.05, 3.63) is 196 Å². The molecule has 1 aliphatic carbocycles. The molecule has 368 valence electrons. The maximum absolute atomic E-state index is 13.0. The molecule has 0 bridgehead atoms. The maximum atomic E-state index is 13.0. The van der Waals surface area contributed by atoms with Gasteiger partial charge in [-0.05, 0) is 44.2 Å². The summed E-state index contributed by atoms with van der Waals surface area (Å²) in [5.41, 5.74) is -0.377. The van der Waals surface area contributed by atoms with Crippen molar-refractivity contribution >= 4 is 24.8 Å². The number of halogens is 14. The largest absolute Gasteiger partial charge is 1.00 e. The summed E-state index contributed by atoms with van der Waals surface area (Å²) in [6.45, 7) is 13.9. The Labute approximate surface area is 426 Å². The Balaban J connectivity index is 0.000000270. The molecular weight excluding hydrogens is 1050 g/mol. The minimum atomic E-state index is -5.22. The number of fused-ring (bicyclic) bond motifs is 3. The summed E-state index contributed by atoms with van der Waals surface area (Å²) in [6.07, 6.45) is -10.9. The van der Waals surface area contributed by atoms with E-state index >= 15 is 0 Å². The third-order valence-electron chi connectivity index (χ3n) is 11.1. The molecule has 0 aliphatic heterocycles. The van der Waals surface area contributed by atoms with Crippen LogP contribution in [0.5, 0.6) is 0 Å². The van der Waals surface area contributed by atoms with Crippen LogP contribution in [-0.2, 0) is 59.8 Å². The van der Waals surface area contributed by atoms with Crippen LogP contribution < -0.4 is 24.8 Å². The van der Waals surface area contributed by atoms with Gasteiger partial charge in [0.15, 0.2) is 0 Å². The number of allylic oxidation sites excluding steroid dienone is 4. The first-order chi connectivity index (χ1) is 31.4. The average Bonchev–Trinajstić information content (AvgIpc) is 3.96. The van der Waals surface area contributed by atoms with E-state index < -0.39 is 61.3 Å². The van der Waals surface area contributed by atoms with Crippen LogP contribution in [0.3, 0.4) is 0 Å². The molecule has 0 fully saturated rings. The van der Waals surface area contributed by atoms with E-state index in [0.29, 0.717) is 0 Å². The van der Waals surface area contributed by atoms with E-state index in [1.165, 1.54) is 54.9 Å². The van der Waals surface area contributed by atoms with Gasteiger partial charge in [-0.25, -0.2) is 12.2 Å². The Morgan fingerprint density at radius 1 is 0.471 bits per heavy atom. The van der Waals surface area contributed by atoms with Gasteiger partial charge in [-0.15, -0.1) is 46.2 Å². The van der Waals surface area contributed by atoms with Crippen LogP contribution in [0.4, 0.5) is 52.7 Å². The van der Waals surface area contributed by atoms with Crippen LogP contribution in [0.2, 0.25) is 0 Å². The van der Waals surface area contributed by atoms with E-state index in [1.807, 2.05) is 12.2 Å². The second-order valence-corrected chi connectivity index (χ2v) is 19.5. The number of rotatable bonds is 4. The Morgan fingerprint density at radius 2 is 0.800 bits per heavy atom. The Hall–Kier alpha value is -4.84. The van der Waals surface area contributed by atoms with Gasteiger partial charge >= 0.3 is 175 Å². The Kier molecular flexibility index (Phi) is 18.0. The summed E-state index contributed by atoms with van der Waals surface area (Å²) in [5, 5.41) is 5.36. The van der Waals surface area contributed by atoms with Crippen molar-refractivity contribution in [2.24, 2.45) is 0 Å². The zero-order valence-corrected chi connectivity index (χ0v) is 42.3. The zero-order valence-electron chi connectivity index (χ0n) is 38.4. The average molecular weight is 1100 g/mol. The van der Waals surface area contributed by atoms with E-state index in [9.17, 15) is 52.7 Å². The molecule has 0 radical (unpaired) electrons. The van der Waals surface area contributed by atoms with E-state index in [2.05, 4.69) is 145 Å². The van der Waals surface area contributed by atoms with Gasteiger partial charge < -0.3 is 24.8 Å². The molecule has 0 unspecified atom stereocenters. The number of benzene rings is 6. The minimum absolute atomic E-state index is 0. The van der Waals surface area contributed by atoms with Crippen LogP contribution in [0.15, 0.2) is 146 Å². The molecule has 0 N–H and O–H groups in total. The molecule has 1 aliphatic rings. The third-order valence-corrected chi connectivity index (χ3v) is 12.5. The van der Waals surface area contributed by atoms with Crippen molar-refractivity contribution in [3.63, 3.8) is 0 Å². The molecular formula is C55H44Cl2F12Zr-2. The first kappa shape index (κ1) is 57.7. The van der Waals surface area contributed by atoms with Crippen LogP contribution in [-0.4, -0.2) is 3.21 Å². The Bertz CT molecular complexity index is 2730. The van der Waals surface area contributed by atoms with Crippen LogP contribution >= 0.6 is 0 Å². The molecule has 0 amide bonds. The predicted octanol–water partition coefficient (Wildman–Crippen LogP) is 11.8. The first-order valence-electron chi connectivity index (χ1n) is 21.2. The summed E-state index contributed by atoms with van der Waals surface area (Å²) < 4.78 is 155. The first-order valence-corrected chi connectivity index (χ1v) is 22.4. The zero-order chi connectivity index (χ0) is 50.2. The Morgan fingerprint density at radius 3 is 1.04 bits per heavy atom. The van der Waals surface area contributed by atoms with E-state index in [0.717, 1.165) is 6.42 Å². The van der Waals surface area contributed by atoms with Crippen LogP contribution in [0.25, 0.3) is 43.8 Å². The molecule has 0 saturated heterocycles. The summed E-state index contributed by atoms with van der Waals surface area (Å²) >= 11 is -0.00108. The van der Waals surface area contributed by atoms with Crippen molar-refractivity contribution in [2.75, 3.05) is 0 Å². The number of hydrogen-bond donors (Lipinski definition) is 0. The topological polar surface area (TPSA) is 0 Å². The molecule has 0 saturated carbocycles. The molecule has 8 rings (SSSR count). The summed E-state index contributed by atoms with van der Waals surface area (Å²) in [4.78, 5) is 0. The molecule has 0 aromatic heterocycles. The minimum Gasteiger partial charge on any atom is -1.00 e. The second kappa shape index (κ2) is 21.9. The second-order valence-electron chi connectivity index (χ2n) is 18.3. The fourth-order valence-electron chi connectivity index (χ4n) is 7.77. The monoisotopic (exact) mass is 1090 g/mol. The van der Waals surface area contributed by atoms with Gasteiger partial charge in [-0.3, -0.25) is 6.08 Å². The van der Waals surface area contributed by atoms with Crippen molar-refractivity contribution in [1.29, 1.82) is 0 Å². The molecule has 0 heterocycles. The third kappa shape index (κ3) is 14.0. The van der Waals surface area contributed by atoms with Gasteiger partial charge in [0.25, 0.3) is 0 Å². The summed E-state index contributed by atoms with van der Waals surface area (Å²) in [5.74, 6) is 0. The molecule has 0 spiro atoms. The maximum Gasteiger partial charge on any atom is -0.109 e. The molecule has 70 heavy (non-hydrogen) atoms. The molecule has 15 heteroatoms.